The quantitative estimate of drug-likeness (QED) is 0.439. The Balaban J connectivity index is 3.58. The lowest BCUT2D eigenvalue weighted by Crippen LogP contribution is -1.93. The molecule has 1 atom stereocenters. The van der Waals surface area contributed by atoms with E-state index in [9.17, 15) is 4.79 Å². The maximum Gasteiger partial charge on any atom is 0.120 e. The van der Waals surface area contributed by atoms with Gasteiger partial charge < -0.3 is 4.79 Å². The van der Waals surface area contributed by atoms with E-state index in [0.717, 1.165) is 19.1 Å². The van der Waals surface area contributed by atoms with Crippen molar-refractivity contribution in [3.05, 3.63) is 11.6 Å². The van der Waals surface area contributed by atoms with Crippen LogP contribution in [0.25, 0.3) is 0 Å². The van der Waals surface area contributed by atoms with Crippen molar-refractivity contribution in [2.75, 3.05) is 0 Å². The van der Waals surface area contributed by atoms with E-state index in [4.69, 9.17) is 0 Å². The second-order valence-electron chi connectivity index (χ2n) is 3.15. The fourth-order valence-corrected chi connectivity index (χ4v) is 0.807. The largest absolute Gasteiger partial charge is 0.303 e. The molecule has 0 radical (unpaired) electrons. The summed E-state index contributed by atoms with van der Waals surface area (Å²) < 4.78 is 0. The first kappa shape index (κ1) is 10.4. The topological polar surface area (TPSA) is 17.1 Å². The van der Waals surface area contributed by atoms with Crippen molar-refractivity contribution in [1.29, 1.82) is 0 Å². The van der Waals surface area contributed by atoms with E-state index in [2.05, 4.69) is 26.8 Å². The van der Waals surface area contributed by atoms with Crippen LogP contribution >= 0.6 is 0 Å². The fourth-order valence-electron chi connectivity index (χ4n) is 0.807. The van der Waals surface area contributed by atoms with Crippen molar-refractivity contribution in [3.8, 4) is 0 Å². The highest BCUT2D eigenvalue weighted by atomic mass is 16.1. The first-order valence-electron chi connectivity index (χ1n) is 4.30. The highest BCUT2D eigenvalue weighted by molar-refractivity contribution is 5.49. The van der Waals surface area contributed by atoms with Crippen molar-refractivity contribution in [2.24, 2.45) is 5.92 Å². The van der Waals surface area contributed by atoms with Gasteiger partial charge in [-0.25, -0.2) is 0 Å². The fraction of sp³-hybridized carbons (Fsp3) is 0.700. The van der Waals surface area contributed by atoms with Crippen molar-refractivity contribution in [1.82, 2.24) is 0 Å². The third kappa shape index (κ3) is 5.84. The van der Waals surface area contributed by atoms with E-state index in [0.29, 0.717) is 12.3 Å². The van der Waals surface area contributed by atoms with E-state index in [1.807, 2.05) is 0 Å². The van der Waals surface area contributed by atoms with Gasteiger partial charge in [0, 0.05) is 6.42 Å². The maximum absolute atomic E-state index is 10.1. The minimum absolute atomic E-state index is 0.508. The maximum atomic E-state index is 10.1. The number of hydrogen-bond acceptors (Lipinski definition) is 1. The summed E-state index contributed by atoms with van der Waals surface area (Å²) in [5, 5.41) is 0. The van der Waals surface area contributed by atoms with E-state index < -0.39 is 0 Å². The third-order valence-corrected chi connectivity index (χ3v) is 1.92. The minimum atomic E-state index is 0.508. The highest BCUT2D eigenvalue weighted by Gasteiger charge is 1.97. The van der Waals surface area contributed by atoms with Crippen LogP contribution in [0.2, 0.25) is 0 Å². The van der Waals surface area contributed by atoms with Crippen molar-refractivity contribution >= 4 is 6.29 Å². The molecule has 0 amide bonds. The molecular formula is C10H18O. The summed E-state index contributed by atoms with van der Waals surface area (Å²) in [5.41, 5.74) is 1.42. The molecule has 0 aliphatic carbocycles. The Morgan fingerprint density at radius 3 is 2.55 bits per heavy atom. The Bertz CT molecular complexity index is 136. The van der Waals surface area contributed by atoms with Gasteiger partial charge in [0.2, 0.25) is 0 Å². The molecule has 64 valence electrons. The number of aldehydes is 1. The van der Waals surface area contributed by atoms with E-state index in [1.54, 1.807) is 0 Å². The van der Waals surface area contributed by atoms with Gasteiger partial charge in [0.15, 0.2) is 0 Å². The van der Waals surface area contributed by atoms with Gasteiger partial charge in [-0.3, -0.25) is 0 Å². The molecule has 1 heteroatoms. The van der Waals surface area contributed by atoms with Crippen molar-refractivity contribution in [2.45, 2.75) is 40.0 Å². The summed E-state index contributed by atoms with van der Waals surface area (Å²) in [4.78, 5) is 10.1. The van der Waals surface area contributed by atoms with Crippen LogP contribution in [0.3, 0.4) is 0 Å². The summed E-state index contributed by atoms with van der Waals surface area (Å²) in [5.74, 6) is 0.508. The number of allylic oxidation sites excluding steroid dienone is 2. The second kappa shape index (κ2) is 6.14. The smallest absolute Gasteiger partial charge is 0.120 e. The second-order valence-corrected chi connectivity index (χ2v) is 3.15. The molecule has 0 saturated heterocycles. The lowest BCUT2D eigenvalue weighted by molar-refractivity contribution is -0.108. The van der Waals surface area contributed by atoms with Gasteiger partial charge in [0.05, 0.1) is 0 Å². The molecule has 0 aliphatic rings. The highest BCUT2D eigenvalue weighted by Crippen LogP contribution is 2.09. The Morgan fingerprint density at radius 2 is 2.09 bits per heavy atom. The molecule has 0 aliphatic heterocycles. The van der Waals surface area contributed by atoms with Crippen LogP contribution in [0.4, 0.5) is 0 Å². The number of carbonyl (C=O) groups excluding carboxylic acids is 1. The van der Waals surface area contributed by atoms with Crippen LogP contribution in [0.5, 0.6) is 0 Å². The molecule has 0 fully saturated rings. The monoisotopic (exact) mass is 154 g/mol. The summed E-state index contributed by atoms with van der Waals surface area (Å²) in [7, 11) is 0. The van der Waals surface area contributed by atoms with Gasteiger partial charge in [0.1, 0.15) is 6.29 Å². The van der Waals surface area contributed by atoms with Crippen LogP contribution < -0.4 is 0 Å². The molecule has 0 aromatic heterocycles. The van der Waals surface area contributed by atoms with E-state index in [1.165, 1.54) is 5.57 Å². The van der Waals surface area contributed by atoms with Gasteiger partial charge >= 0.3 is 0 Å². The van der Waals surface area contributed by atoms with Gasteiger partial charge in [-0.15, -0.1) is 0 Å². The molecule has 0 bridgehead atoms. The van der Waals surface area contributed by atoms with Crippen LogP contribution in [0, 0.1) is 5.92 Å². The SMILES string of the molecule is CC/C(C)=C/CC(C)CC=O. The Morgan fingerprint density at radius 1 is 1.45 bits per heavy atom. The lowest BCUT2D eigenvalue weighted by Gasteiger charge is -2.03. The summed E-state index contributed by atoms with van der Waals surface area (Å²) >= 11 is 0. The van der Waals surface area contributed by atoms with Gasteiger partial charge in [-0.2, -0.15) is 0 Å². The number of carbonyl (C=O) groups is 1. The van der Waals surface area contributed by atoms with Gasteiger partial charge in [-0.05, 0) is 25.7 Å². The zero-order valence-electron chi connectivity index (χ0n) is 7.76. The van der Waals surface area contributed by atoms with Crippen LogP contribution in [-0.4, -0.2) is 6.29 Å². The molecule has 1 nitrogen and oxygen atoms in total. The summed E-state index contributed by atoms with van der Waals surface area (Å²) in [6.45, 7) is 6.39. The third-order valence-electron chi connectivity index (χ3n) is 1.92. The Kier molecular flexibility index (Phi) is 5.81. The molecule has 11 heavy (non-hydrogen) atoms. The minimum Gasteiger partial charge on any atom is -0.303 e. The van der Waals surface area contributed by atoms with Crippen LogP contribution in [0.1, 0.15) is 40.0 Å². The zero-order valence-corrected chi connectivity index (χ0v) is 7.76. The Labute approximate surface area is 69.5 Å². The lowest BCUT2D eigenvalue weighted by atomic mass is 10.0. The molecule has 0 heterocycles. The average molecular weight is 154 g/mol. The molecule has 0 rings (SSSR count). The molecule has 0 aromatic rings. The number of hydrogen-bond donors (Lipinski definition) is 0. The summed E-state index contributed by atoms with van der Waals surface area (Å²) in [6, 6.07) is 0. The molecule has 0 N–H and O–H groups in total. The predicted molar refractivity (Wildman–Crippen MR) is 48.5 cm³/mol. The molecule has 0 spiro atoms. The first-order chi connectivity index (χ1) is 5.20. The predicted octanol–water partition coefficient (Wildman–Crippen LogP) is 2.96. The van der Waals surface area contributed by atoms with E-state index in [-0.39, 0.29) is 0 Å². The zero-order chi connectivity index (χ0) is 8.69. The van der Waals surface area contributed by atoms with Gasteiger partial charge in [0.25, 0.3) is 0 Å². The van der Waals surface area contributed by atoms with Crippen LogP contribution in [0.15, 0.2) is 11.6 Å². The van der Waals surface area contributed by atoms with Crippen molar-refractivity contribution < 1.29 is 4.79 Å². The summed E-state index contributed by atoms with van der Waals surface area (Å²) in [6.07, 6.45) is 6.08. The van der Waals surface area contributed by atoms with Gasteiger partial charge in [-0.1, -0.05) is 25.5 Å². The molecule has 1 unspecified atom stereocenters. The average Bonchev–Trinajstić information content (AvgIpc) is 2.01. The van der Waals surface area contributed by atoms with Crippen LogP contribution in [-0.2, 0) is 4.79 Å². The standard InChI is InChI=1S/C10H18O/c1-4-9(2)5-6-10(3)7-8-11/h5,8,10H,4,6-7H2,1-3H3/b9-5+. The normalized spacial score (nSPS) is 14.6. The number of rotatable bonds is 5. The molecular weight excluding hydrogens is 136 g/mol. The first-order valence-corrected chi connectivity index (χ1v) is 4.30. The molecule has 0 aromatic carbocycles. The van der Waals surface area contributed by atoms with Crippen molar-refractivity contribution in [3.63, 3.8) is 0 Å². The molecule has 0 saturated carbocycles. The Hall–Kier alpha value is -0.590. The van der Waals surface area contributed by atoms with E-state index >= 15 is 0 Å².